The molecule has 0 bridgehead atoms. The fourth-order valence-electron chi connectivity index (χ4n) is 2.90. The average Bonchev–Trinajstić information content (AvgIpc) is 3.32. The van der Waals surface area contributed by atoms with Gasteiger partial charge in [0.05, 0.1) is 17.0 Å². The number of furan rings is 1. The third-order valence-corrected chi connectivity index (χ3v) is 5.65. The number of carbonyl (C=O) groups is 3. The highest BCUT2D eigenvalue weighted by atomic mass is 32.1. The number of hydrogen-bond donors (Lipinski definition) is 2. The van der Waals surface area contributed by atoms with E-state index in [0.717, 1.165) is 22.6 Å². The van der Waals surface area contributed by atoms with Crippen molar-refractivity contribution in [3.8, 4) is 5.75 Å². The minimum absolute atomic E-state index is 0.0323. The second-order valence-corrected chi connectivity index (χ2v) is 7.64. The fraction of sp³-hybridized carbons (Fsp3) is 0.227. The van der Waals surface area contributed by atoms with Crippen molar-refractivity contribution in [2.24, 2.45) is 5.73 Å². The summed E-state index contributed by atoms with van der Waals surface area (Å²) in [4.78, 5) is 36.9. The van der Waals surface area contributed by atoms with E-state index in [4.69, 9.17) is 19.6 Å². The van der Waals surface area contributed by atoms with Gasteiger partial charge >= 0.3 is 5.97 Å². The van der Waals surface area contributed by atoms with Gasteiger partial charge in [0.25, 0.3) is 11.8 Å². The second-order valence-electron chi connectivity index (χ2n) is 6.62. The number of amides is 2. The highest BCUT2D eigenvalue weighted by molar-refractivity contribution is 7.18. The maximum atomic E-state index is 12.7. The Morgan fingerprint density at radius 2 is 1.87 bits per heavy atom. The van der Waals surface area contributed by atoms with Gasteiger partial charge in [-0.05, 0) is 50.1 Å². The molecule has 0 saturated heterocycles. The minimum atomic E-state index is -0.692. The normalized spacial score (nSPS) is 10.5. The molecule has 3 rings (SSSR count). The summed E-state index contributed by atoms with van der Waals surface area (Å²) >= 11 is 0.914. The number of rotatable bonds is 8. The van der Waals surface area contributed by atoms with E-state index in [9.17, 15) is 14.4 Å². The van der Waals surface area contributed by atoms with Crippen molar-refractivity contribution in [3.63, 3.8) is 0 Å². The van der Waals surface area contributed by atoms with Crippen molar-refractivity contribution in [2.75, 3.05) is 11.9 Å². The molecule has 1 aromatic carbocycles. The van der Waals surface area contributed by atoms with Crippen LogP contribution in [0.2, 0.25) is 0 Å². The second kappa shape index (κ2) is 9.48. The van der Waals surface area contributed by atoms with Gasteiger partial charge < -0.3 is 24.9 Å². The first-order valence-electron chi connectivity index (χ1n) is 9.50. The monoisotopic (exact) mass is 442 g/mol. The zero-order valence-electron chi connectivity index (χ0n) is 17.3. The summed E-state index contributed by atoms with van der Waals surface area (Å²) in [7, 11) is 0. The highest BCUT2D eigenvalue weighted by Gasteiger charge is 2.26. The van der Waals surface area contributed by atoms with Crippen molar-refractivity contribution in [1.82, 2.24) is 0 Å². The van der Waals surface area contributed by atoms with E-state index in [1.165, 1.54) is 6.07 Å². The lowest BCUT2D eigenvalue weighted by atomic mass is 10.1. The maximum Gasteiger partial charge on any atom is 0.341 e. The SMILES string of the molecule is CCOC(=O)c1c(NC(=O)c2ccc(COc3ccccc3C)o2)sc(C(N)=O)c1C. The van der Waals surface area contributed by atoms with Gasteiger partial charge in [-0.2, -0.15) is 0 Å². The Hall–Kier alpha value is -3.59. The lowest BCUT2D eigenvalue weighted by Gasteiger charge is -2.07. The van der Waals surface area contributed by atoms with Gasteiger partial charge in [-0.25, -0.2) is 4.79 Å². The van der Waals surface area contributed by atoms with Crippen LogP contribution in [0.15, 0.2) is 40.8 Å². The first kappa shape index (κ1) is 22.1. The number of anilines is 1. The number of thiophene rings is 1. The number of hydrogen-bond acceptors (Lipinski definition) is 7. The van der Waals surface area contributed by atoms with Gasteiger partial charge in [-0.3, -0.25) is 9.59 Å². The van der Waals surface area contributed by atoms with Crippen LogP contribution in [0.4, 0.5) is 5.00 Å². The molecule has 3 N–H and O–H groups in total. The first-order valence-corrected chi connectivity index (χ1v) is 10.3. The van der Waals surface area contributed by atoms with Gasteiger partial charge in [-0.1, -0.05) is 18.2 Å². The van der Waals surface area contributed by atoms with Crippen LogP contribution >= 0.6 is 11.3 Å². The van der Waals surface area contributed by atoms with Crippen molar-refractivity contribution < 1.29 is 28.3 Å². The summed E-state index contributed by atoms with van der Waals surface area (Å²) in [6, 6.07) is 10.7. The molecule has 2 heterocycles. The molecular formula is C22H22N2O6S. The number of benzene rings is 1. The van der Waals surface area contributed by atoms with Crippen LogP contribution < -0.4 is 15.8 Å². The molecule has 0 spiro atoms. The molecule has 0 aliphatic heterocycles. The predicted octanol–water partition coefficient (Wildman–Crippen LogP) is 4.06. The molecule has 0 aliphatic rings. The summed E-state index contributed by atoms with van der Waals surface area (Å²) < 4.78 is 16.3. The molecule has 2 aromatic heterocycles. The molecule has 0 radical (unpaired) electrons. The molecule has 2 amide bonds. The average molecular weight is 442 g/mol. The molecule has 0 saturated carbocycles. The summed E-state index contributed by atoms with van der Waals surface area (Å²) in [5.41, 5.74) is 6.83. The van der Waals surface area contributed by atoms with Gasteiger partial charge in [-0.15, -0.1) is 11.3 Å². The van der Waals surface area contributed by atoms with E-state index in [1.807, 2.05) is 31.2 Å². The molecule has 0 fully saturated rings. The lowest BCUT2D eigenvalue weighted by Crippen LogP contribution is -2.14. The predicted molar refractivity (Wildman–Crippen MR) is 116 cm³/mol. The van der Waals surface area contributed by atoms with E-state index in [1.54, 1.807) is 19.9 Å². The summed E-state index contributed by atoms with van der Waals surface area (Å²) in [5, 5.41) is 2.79. The third kappa shape index (κ3) is 4.95. The number of para-hydroxylation sites is 1. The number of nitrogens with one attached hydrogen (secondary N) is 1. The quantitative estimate of drug-likeness (QED) is 0.508. The first-order chi connectivity index (χ1) is 14.8. The molecule has 0 aliphatic carbocycles. The smallest absolute Gasteiger partial charge is 0.341 e. The fourth-order valence-corrected chi connectivity index (χ4v) is 3.94. The van der Waals surface area contributed by atoms with Gasteiger partial charge in [0.15, 0.2) is 5.76 Å². The summed E-state index contributed by atoms with van der Waals surface area (Å²) in [6.07, 6.45) is 0. The largest absolute Gasteiger partial charge is 0.485 e. The molecule has 0 atom stereocenters. The maximum absolute atomic E-state index is 12.7. The van der Waals surface area contributed by atoms with Gasteiger partial charge in [0.2, 0.25) is 0 Å². The van der Waals surface area contributed by atoms with Crippen LogP contribution in [-0.2, 0) is 11.3 Å². The van der Waals surface area contributed by atoms with Crippen molar-refractivity contribution in [1.29, 1.82) is 0 Å². The van der Waals surface area contributed by atoms with E-state index in [-0.39, 0.29) is 34.4 Å². The topological polar surface area (TPSA) is 121 Å². The molecular weight excluding hydrogens is 420 g/mol. The highest BCUT2D eigenvalue weighted by Crippen LogP contribution is 2.34. The zero-order chi connectivity index (χ0) is 22.5. The van der Waals surface area contributed by atoms with E-state index in [0.29, 0.717) is 11.3 Å². The molecule has 3 aromatic rings. The number of ether oxygens (including phenoxy) is 2. The minimum Gasteiger partial charge on any atom is -0.485 e. The van der Waals surface area contributed by atoms with E-state index in [2.05, 4.69) is 5.32 Å². The molecule has 0 unspecified atom stereocenters. The Morgan fingerprint density at radius 1 is 1.13 bits per heavy atom. The lowest BCUT2D eigenvalue weighted by molar-refractivity contribution is 0.0527. The molecule has 31 heavy (non-hydrogen) atoms. The van der Waals surface area contributed by atoms with Crippen molar-refractivity contribution in [3.05, 3.63) is 69.5 Å². The van der Waals surface area contributed by atoms with Crippen LogP contribution in [0.3, 0.4) is 0 Å². The Kier molecular flexibility index (Phi) is 6.76. The standard InChI is InChI=1S/C22H22N2O6S/c1-4-28-22(27)17-13(3)18(19(23)25)31-21(17)24-20(26)16-10-9-14(30-16)11-29-15-8-6-5-7-12(15)2/h5-10H,4,11H2,1-3H3,(H2,23,25)(H,24,26). The molecule has 9 heteroatoms. The zero-order valence-corrected chi connectivity index (χ0v) is 18.1. The Bertz CT molecular complexity index is 1130. The number of esters is 1. The third-order valence-electron chi connectivity index (χ3n) is 4.43. The van der Waals surface area contributed by atoms with Crippen molar-refractivity contribution >= 4 is 34.1 Å². The summed E-state index contributed by atoms with van der Waals surface area (Å²) in [5.74, 6) is -0.709. The number of aryl methyl sites for hydroxylation is 1. The number of primary amides is 1. The van der Waals surface area contributed by atoms with Crippen molar-refractivity contribution in [2.45, 2.75) is 27.4 Å². The van der Waals surface area contributed by atoms with Crippen LogP contribution in [0.5, 0.6) is 5.75 Å². The Morgan fingerprint density at radius 3 is 2.55 bits per heavy atom. The summed E-state index contributed by atoms with van der Waals surface area (Å²) in [6.45, 7) is 5.47. The van der Waals surface area contributed by atoms with E-state index >= 15 is 0 Å². The molecule has 162 valence electrons. The van der Waals surface area contributed by atoms with Crippen LogP contribution in [0.1, 0.15) is 54.4 Å². The van der Waals surface area contributed by atoms with E-state index < -0.39 is 17.8 Å². The van der Waals surface area contributed by atoms with Gasteiger partial charge in [0.1, 0.15) is 23.1 Å². The number of nitrogens with two attached hydrogens (primary N) is 1. The van der Waals surface area contributed by atoms with Crippen LogP contribution in [-0.4, -0.2) is 24.4 Å². The Balaban J connectivity index is 1.76. The Labute approximate surface area is 183 Å². The number of carbonyl (C=O) groups excluding carboxylic acids is 3. The van der Waals surface area contributed by atoms with Crippen LogP contribution in [0, 0.1) is 13.8 Å². The van der Waals surface area contributed by atoms with Crippen LogP contribution in [0.25, 0.3) is 0 Å². The van der Waals surface area contributed by atoms with Gasteiger partial charge in [0, 0.05) is 0 Å². The molecule has 8 nitrogen and oxygen atoms in total.